The van der Waals surface area contributed by atoms with E-state index < -0.39 is 0 Å². The van der Waals surface area contributed by atoms with Gasteiger partial charge in [0.15, 0.2) is 0 Å². The molecule has 0 spiro atoms. The fourth-order valence-electron chi connectivity index (χ4n) is 3.17. The highest BCUT2D eigenvalue weighted by atomic mass is 16.5. The number of aromatic nitrogens is 2. The van der Waals surface area contributed by atoms with Gasteiger partial charge in [0.25, 0.3) is 5.91 Å². The first-order chi connectivity index (χ1) is 12.6. The monoisotopic (exact) mass is 358 g/mol. The van der Waals surface area contributed by atoms with Crippen LogP contribution in [0.3, 0.4) is 0 Å². The molecule has 0 N–H and O–H groups in total. The second-order valence-corrected chi connectivity index (χ2v) is 6.46. The van der Waals surface area contributed by atoms with Crippen molar-refractivity contribution in [1.29, 1.82) is 0 Å². The Balaban J connectivity index is 1.58. The van der Waals surface area contributed by atoms with Gasteiger partial charge < -0.3 is 14.2 Å². The van der Waals surface area contributed by atoms with Gasteiger partial charge in [0.1, 0.15) is 6.10 Å². The van der Waals surface area contributed by atoms with Gasteiger partial charge in [-0.1, -0.05) is 35.5 Å². The number of hydrogen-bond acceptors (Lipinski definition) is 6. The quantitative estimate of drug-likeness (QED) is 0.789. The van der Waals surface area contributed by atoms with E-state index in [9.17, 15) is 4.79 Å². The van der Waals surface area contributed by atoms with Crippen LogP contribution in [0.1, 0.15) is 32.7 Å². The third-order valence-corrected chi connectivity index (χ3v) is 4.77. The molecular weight excluding hydrogens is 332 g/mol. The predicted molar refractivity (Wildman–Crippen MR) is 97.4 cm³/mol. The van der Waals surface area contributed by atoms with E-state index in [1.165, 1.54) is 0 Å². The van der Waals surface area contributed by atoms with E-state index in [0.717, 1.165) is 18.7 Å². The van der Waals surface area contributed by atoms with E-state index in [4.69, 9.17) is 9.26 Å². The number of ether oxygens (including phenoxy) is 1. The first-order valence-corrected chi connectivity index (χ1v) is 9.13. The van der Waals surface area contributed by atoms with Gasteiger partial charge in [-0.3, -0.25) is 9.69 Å². The fraction of sp³-hybridized carbons (Fsp3) is 0.526. The maximum absolute atomic E-state index is 12.3. The average molecular weight is 358 g/mol. The summed E-state index contributed by atoms with van der Waals surface area (Å²) in [5.41, 5.74) is 0.940. The second-order valence-electron chi connectivity index (χ2n) is 6.46. The molecule has 1 aromatic carbocycles. The van der Waals surface area contributed by atoms with Crippen molar-refractivity contribution in [1.82, 2.24) is 19.9 Å². The van der Waals surface area contributed by atoms with Crippen molar-refractivity contribution >= 4 is 5.91 Å². The topological polar surface area (TPSA) is 71.7 Å². The Morgan fingerprint density at radius 3 is 2.54 bits per heavy atom. The normalized spacial score (nSPS) is 17.9. The van der Waals surface area contributed by atoms with Gasteiger partial charge in [-0.15, -0.1) is 0 Å². The van der Waals surface area contributed by atoms with Crippen LogP contribution in [0, 0.1) is 0 Å². The van der Waals surface area contributed by atoms with Crippen LogP contribution in [0.2, 0.25) is 0 Å². The third kappa shape index (κ3) is 4.11. The summed E-state index contributed by atoms with van der Waals surface area (Å²) >= 11 is 0. The zero-order chi connectivity index (χ0) is 18.5. The number of carbonyl (C=O) groups excluding carboxylic acids is 1. The lowest BCUT2D eigenvalue weighted by atomic mass is 10.2. The van der Waals surface area contributed by atoms with Crippen LogP contribution in [0.25, 0.3) is 11.4 Å². The highest BCUT2D eigenvalue weighted by Gasteiger charge is 2.29. The number of hydrogen-bond donors (Lipinski definition) is 0. The summed E-state index contributed by atoms with van der Waals surface area (Å²) in [6.45, 7) is 9.22. The number of rotatable bonds is 6. The van der Waals surface area contributed by atoms with Crippen molar-refractivity contribution in [3.63, 3.8) is 0 Å². The molecule has 7 nitrogen and oxygen atoms in total. The molecule has 140 valence electrons. The molecule has 1 aliphatic rings. The van der Waals surface area contributed by atoms with Crippen molar-refractivity contribution in [2.45, 2.75) is 32.9 Å². The first kappa shape index (κ1) is 18.5. The Labute approximate surface area is 153 Å². The van der Waals surface area contributed by atoms with Crippen molar-refractivity contribution in [2.24, 2.45) is 0 Å². The molecule has 0 saturated carbocycles. The Morgan fingerprint density at radius 2 is 1.88 bits per heavy atom. The summed E-state index contributed by atoms with van der Waals surface area (Å²) in [7, 11) is 0. The molecule has 0 unspecified atom stereocenters. The molecule has 0 radical (unpaired) electrons. The van der Waals surface area contributed by atoms with Crippen LogP contribution in [-0.2, 0) is 9.53 Å². The fourth-order valence-corrected chi connectivity index (χ4v) is 3.17. The summed E-state index contributed by atoms with van der Waals surface area (Å²) < 4.78 is 10.9. The molecule has 7 heteroatoms. The predicted octanol–water partition coefficient (Wildman–Crippen LogP) is 2.37. The van der Waals surface area contributed by atoms with E-state index in [-0.39, 0.29) is 18.1 Å². The Hall–Kier alpha value is -2.25. The smallest absolute Gasteiger partial charge is 0.251 e. The van der Waals surface area contributed by atoms with E-state index >= 15 is 0 Å². The summed E-state index contributed by atoms with van der Waals surface area (Å²) in [4.78, 5) is 21.0. The second kappa shape index (κ2) is 8.42. The van der Waals surface area contributed by atoms with Gasteiger partial charge in [-0.2, -0.15) is 4.98 Å². The zero-order valence-electron chi connectivity index (χ0n) is 15.6. The first-order valence-electron chi connectivity index (χ1n) is 9.13. The van der Waals surface area contributed by atoms with Crippen LogP contribution < -0.4 is 0 Å². The van der Waals surface area contributed by atoms with Crippen LogP contribution in [0.15, 0.2) is 34.9 Å². The molecule has 3 rings (SSSR count). The number of benzene rings is 1. The van der Waals surface area contributed by atoms with Gasteiger partial charge in [0.2, 0.25) is 11.7 Å². The van der Waals surface area contributed by atoms with Crippen molar-refractivity contribution in [2.75, 3.05) is 32.8 Å². The molecule has 1 fully saturated rings. The van der Waals surface area contributed by atoms with Gasteiger partial charge >= 0.3 is 0 Å². The van der Waals surface area contributed by atoms with Crippen molar-refractivity contribution in [3.8, 4) is 11.4 Å². The van der Waals surface area contributed by atoms with Gasteiger partial charge in [0.05, 0.1) is 6.04 Å². The highest BCUT2D eigenvalue weighted by Crippen LogP contribution is 2.23. The molecular formula is C19H26N4O3. The van der Waals surface area contributed by atoms with E-state index in [1.807, 2.05) is 49.1 Å². The molecule has 2 atom stereocenters. The minimum atomic E-state index is -0.381. The SMILES string of the molecule is CCO[C@@H](C)C(=O)N1CCN([C@H](C)c2nc(-c3ccccc3)no2)CC1. The van der Waals surface area contributed by atoms with Gasteiger partial charge in [-0.25, -0.2) is 0 Å². The summed E-state index contributed by atoms with van der Waals surface area (Å²) in [6.07, 6.45) is -0.381. The highest BCUT2D eigenvalue weighted by molar-refractivity contribution is 5.80. The minimum Gasteiger partial charge on any atom is -0.369 e. The number of nitrogens with zero attached hydrogens (tertiary/aromatic N) is 4. The average Bonchev–Trinajstić information content (AvgIpc) is 3.18. The third-order valence-electron chi connectivity index (χ3n) is 4.77. The molecule has 2 heterocycles. The van der Waals surface area contributed by atoms with Crippen molar-refractivity contribution < 1.29 is 14.1 Å². The molecule has 2 aromatic rings. The standard InChI is InChI=1S/C19H26N4O3/c1-4-25-15(3)19(24)23-12-10-22(11-13-23)14(2)18-20-17(21-26-18)16-8-6-5-7-9-16/h5-9,14-15H,4,10-13H2,1-3H3/t14-,15+/m1/s1. The van der Waals surface area contributed by atoms with Crippen LogP contribution >= 0.6 is 0 Å². The molecule has 0 aliphatic carbocycles. The van der Waals surface area contributed by atoms with Crippen LogP contribution in [0.4, 0.5) is 0 Å². The largest absolute Gasteiger partial charge is 0.369 e. The van der Waals surface area contributed by atoms with Gasteiger partial charge in [0, 0.05) is 38.3 Å². The molecule has 1 aliphatic heterocycles. The maximum atomic E-state index is 12.3. The lowest BCUT2D eigenvalue weighted by Gasteiger charge is -2.37. The van der Waals surface area contributed by atoms with E-state index in [1.54, 1.807) is 0 Å². The van der Waals surface area contributed by atoms with Crippen molar-refractivity contribution in [3.05, 3.63) is 36.2 Å². The molecule has 0 bridgehead atoms. The Bertz CT molecular complexity index is 711. The molecule has 26 heavy (non-hydrogen) atoms. The lowest BCUT2D eigenvalue weighted by molar-refractivity contribution is -0.144. The van der Waals surface area contributed by atoms with Gasteiger partial charge in [-0.05, 0) is 20.8 Å². The maximum Gasteiger partial charge on any atom is 0.251 e. The van der Waals surface area contributed by atoms with Crippen LogP contribution in [0.5, 0.6) is 0 Å². The van der Waals surface area contributed by atoms with Crippen LogP contribution in [-0.4, -0.2) is 64.7 Å². The Kier molecular flexibility index (Phi) is 6.00. The lowest BCUT2D eigenvalue weighted by Crippen LogP contribution is -2.51. The van der Waals surface area contributed by atoms with E-state index in [0.29, 0.717) is 31.4 Å². The minimum absolute atomic E-state index is 0.0153. The zero-order valence-corrected chi connectivity index (χ0v) is 15.6. The molecule has 1 aromatic heterocycles. The molecule has 1 amide bonds. The molecule has 1 saturated heterocycles. The summed E-state index contributed by atoms with van der Waals surface area (Å²) in [6, 6.07) is 9.80. The Morgan fingerprint density at radius 1 is 1.19 bits per heavy atom. The number of piperazine rings is 1. The number of carbonyl (C=O) groups is 1. The van der Waals surface area contributed by atoms with E-state index in [2.05, 4.69) is 22.0 Å². The summed E-state index contributed by atoms with van der Waals surface area (Å²) in [5, 5.41) is 4.10. The number of amides is 1. The summed E-state index contributed by atoms with van der Waals surface area (Å²) in [5.74, 6) is 1.27.